The third kappa shape index (κ3) is 1.79. The highest BCUT2D eigenvalue weighted by molar-refractivity contribution is 9.09. The molecule has 5 heteroatoms. The number of Topliss-reactive ketones (excluding diaryl/α,β-unsaturated/α-hetero) is 1. The number of hydrogen-bond donors (Lipinski definition) is 0. The first kappa shape index (κ1) is 10.6. The number of rotatable bonds is 2. The Morgan fingerprint density at radius 1 is 1.60 bits per heavy atom. The Bertz CT molecular complexity index is 535. The predicted octanol–water partition coefficient (Wildman–Crippen LogP) is 2.80. The van der Waals surface area contributed by atoms with E-state index in [4.69, 9.17) is 11.6 Å². The summed E-state index contributed by atoms with van der Waals surface area (Å²) in [6, 6.07) is 5.39. The van der Waals surface area contributed by atoms with Gasteiger partial charge in [-0.05, 0) is 18.2 Å². The molecule has 0 atom stereocenters. The minimum atomic E-state index is -0.0372. The topological polar surface area (TPSA) is 34.9 Å². The molecule has 1 aromatic carbocycles. The first-order valence-corrected chi connectivity index (χ1v) is 5.84. The molecule has 0 aliphatic carbocycles. The van der Waals surface area contributed by atoms with Crippen LogP contribution in [0.3, 0.4) is 0 Å². The number of aryl methyl sites for hydroxylation is 1. The number of carbonyl (C=O) groups is 1. The van der Waals surface area contributed by atoms with Crippen molar-refractivity contribution in [1.82, 2.24) is 9.55 Å². The summed E-state index contributed by atoms with van der Waals surface area (Å²) in [5.41, 5.74) is 1.65. The van der Waals surface area contributed by atoms with Gasteiger partial charge in [-0.1, -0.05) is 27.5 Å². The second kappa shape index (κ2) is 3.94. The number of benzene rings is 1. The molecular formula is C10H8BrClN2O. The van der Waals surface area contributed by atoms with Gasteiger partial charge < -0.3 is 4.57 Å². The van der Waals surface area contributed by atoms with Gasteiger partial charge in [0.25, 0.3) is 0 Å². The molecule has 3 nitrogen and oxygen atoms in total. The van der Waals surface area contributed by atoms with Crippen LogP contribution in [0.25, 0.3) is 11.0 Å². The van der Waals surface area contributed by atoms with Gasteiger partial charge in [0.15, 0.2) is 5.82 Å². The number of aromatic nitrogens is 2. The summed E-state index contributed by atoms with van der Waals surface area (Å²) in [4.78, 5) is 15.8. The van der Waals surface area contributed by atoms with Gasteiger partial charge >= 0.3 is 0 Å². The van der Waals surface area contributed by atoms with E-state index in [1.165, 1.54) is 0 Å². The van der Waals surface area contributed by atoms with Crippen LogP contribution in [-0.4, -0.2) is 20.7 Å². The summed E-state index contributed by atoms with van der Waals surface area (Å²) >= 11 is 8.98. The molecule has 0 fully saturated rings. The van der Waals surface area contributed by atoms with Gasteiger partial charge in [0, 0.05) is 12.1 Å². The van der Waals surface area contributed by atoms with E-state index < -0.39 is 0 Å². The van der Waals surface area contributed by atoms with Gasteiger partial charge in [0.1, 0.15) is 0 Å². The molecule has 2 aromatic rings. The zero-order chi connectivity index (χ0) is 11.0. The number of alkyl halides is 1. The number of halogens is 2. The van der Waals surface area contributed by atoms with Crippen molar-refractivity contribution in [2.24, 2.45) is 7.05 Å². The van der Waals surface area contributed by atoms with Gasteiger partial charge in [0.2, 0.25) is 5.78 Å². The van der Waals surface area contributed by atoms with Crippen LogP contribution in [0.5, 0.6) is 0 Å². The highest BCUT2D eigenvalue weighted by Crippen LogP contribution is 2.19. The van der Waals surface area contributed by atoms with Crippen LogP contribution in [-0.2, 0) is 7.05 Å². The Balaban J connectivity index is 2.69. The number of imidazole rings is 1. The van der Waals surface area contributed by atoms with Crippen molar-refractivity contribution in [3.05, 3.63) is 29.0 Å². The van der Waals surface area contributed by atoms with Crippen LogP contribution in [0.1, 0.15) is 10.6 Å². The van der Waals surface area contributed by atoms with Crippen LogP contribution < -0.4 is 0 Å². The zero-order valence-electron chi connectivity index (χ0n) is 8.00. The number of ketones is 1. The van der Waals surface area contributed by atoms with Gasteiger partial charge in [-0.25, -0.2) is 4.98 Å². The summed E-state index contributed by atoms with van der Waals surface area (Å²) in [6.07, 6.45) is 0. The summed E-state index contributed by atoms with van der Waals surface area (Å²) < 4.78 is 1.77. The van der Waals surface area contributed by atoms with Gasteiger partial charge in [-0.3, -0.25) is 4.79 Å². The lowest BCUT2D eigenvalue weighted by atomic mass is 10.3. The van der Waals surface area contributed by atoms with Crippen molar-refractivity contribution in [3.8, 4) is 0 Å². The predicted molar refractivity (Wildman–Crippen MR) is 63.8 cm³/mol. The molecule has 0 aliphatic rings. The second-order valence-corrected chi connectivity index (χ2v) is 4.18. The largest absolute Gasteiger partial charge is 0.325 e. The van der Waals surface area contributed by atoms with Crippen molar-refractivity contribution in [1.29, 1.82) is 0 Å². The minimum absolute atomic E-state index is 0.0372. The number of carbonyl (C=O) groups excluding carboxylic acids is 1. The Labute approximate surface area is 100 Å². The Morgan fingerprint density at radius 3 is 3.00 bits per heavy atom. The van der Waals surface area contributed by atoms with E-state index in [0.29, 0.717) is 10.8 Å². The normalized spacial score (nSPS) is 10.9. The van der Waals surface area contributed by atoms with Crippen LogP contribution in [0.2, 0.25) is 5.02 Å². The summed E-state index contributed by atoms with van der Waals surface area (Å²) in [7, 11) is 1.82. The summed E-state index contributed by atoms with van der Waals surface area (Å²) in [6.45, 7) is 0. The lowest BCUT2D eigenvalue weighted by Crippen LogP contribution is -2.08. The van der Waals surface area contributed by atoms with E-state index in [2.05, 4.69) is 20.9 Å². The standard InChI is InChI=1S/C10H8BrClN2O/c1-14-8-3-2-6(12)4-7(8)13-10(14)9(15)5-11/h2-4H,5H2,1H3. The van der Waals surface area contributed by atoms with E-state index in [1.54, 1.807) is 16.7 Å². The first-order chi connectivity index (χ1) is 7.13. The highest BCUT2D eigenvalue weighted by atomic mass is 79.9. The average molecular weight is 288 g/mol. The molecule has 78 valence electrons. The average Bonchev–Trinajstić information content (AvgIpc) is 2.54. The maximum atomic E-state index is 11.5. The molecule has 0 N–H and O–H groups in total. The SMILES string of the molecule is Cn1c(C(=O)CBr)nc2cc(Cl)ccc21. The smallest absolute Gasteiger partial charge is 0.208 e. The quantitative estimate of drug-likeness (QED) is 0.629. The number of fused-ring (bicyclic) bond motifs is 1. The van der Waals surface area contributed by atoms with Crippen LogP contribution in [0, 0.1) is 0 Å². The molecule has 0 bridgehead atoms. The molecule has 0 aliphatic heterocycles. The molecular weight excluding hydrogens is 279 g/mol. The second-order valence-electron chi connectivity index (χ2n) is 3.18. The molecule has 0 radical (unpaired) electrons. The Kier molecular flexibility index (Phi) is 2.80. The third-order valence-electron chi connectivity index (χ3n) is 2.21. The fourth-order valence-electron chi connectivity index (χ4n) is 1.48. The van der Waals surface area contributed by atoms with Crippen LogP contribution >= 0.6 is 27.5 Å². The van der Waals surface area contributed by atoms with Crippen molar-refractivity contribution >= 4 is 44.3 Å². The molecule has 15 heavy (non-hydrogen) atoms. The van der Waals surface area contributed by atoms with Crippen molar-refractivity contribution < 1.29 is 4.79 Å². The minimum Gasteiger partial charge on any atom is -0.325 e. The maximum absolute atomic E-state index is 11.5. The van der Waals surface area contributed by atoms with Gasteiger partial charge in [-0.15, -0.1) is 0 Å². The highest BCUT2D eigenvalue weighted by Gasteiger charge is 2.13. The van der Waals surface area contributed by atoms with Crippen molar-refractivity contribution in [2.45, 2.75) is 0 Å². The van der Waals surface area contributed by atoms with E-state index in [1.807, 2.05) is 13.1 Å². The zero-order valence-corrected chi connectivity index (χ0v) is 10.3. The first-order valence-electron chi connectivity index (χ1n) is 4.34. The third-order valence-corrected chi connectivity index (χ3v) is 2.96. The van der Waals surface area contributed by atoms with Crippen molar-refractivity contribution in [2.75, 3.05) is 5.33 Å². The summed E-state index contributed by atoms with van der Waals surface area (Å²) in [5, 5.41) is 0.899. The fraction of sp³-hybridized carbons (Fsp3) is 0.200. The molecule has 2 rings (SSSR count). The number of nitrogens with zero attached hydrogens (tertiary/aromatic N) is 2. The van der Waals surface area contributed by atoms with Crippen molar-refractivity contribution in [3.63, 3.8) is 0 Å². The molecule has 0 spiro atoms. The molecule has 1 aromatic heterocycles. The van der Waals surface area contributed by atoms with E-state index in [9.17, 15) is 4.79 Å². The van der Waals surface area contributed by atoms with Gasteiger partial charge in [-0.2, -0.15) is 0 Å². The molecule has 1 heterocycles. The lowest BCUT2D eigenvalue weighted by Gasteiger charge is -1.98. The maximum Gasteiger partial charge on any atom is 0.208 e. The molecule has 0 amide bonds. The van der Waals surface area contributed by atoms with Crippen LogP contribution in [0.15, 0.2) is 18.2 Å². The van der Waals surface area contributed by atoms with E-state index in [-0.39, 0.29) is 11.1 Å². The lowest BCUT2D eigenvalue weighted by molar-refractivity contribution is 0.101. The number of hydrogen-bond acceptors (Lipinski definition) is 2. The monoisotopic (exact) mass is 286 g/mol. The van der Waals surface area contributed by atoms with Crippen LogP contribution in [0.4, 0.5) is 0 Å². The van der Waals surface area contributed by atoms with Gasteiger partial charge in [0.05, 0.1) is 16.4 Å². The Morgan fingerprint density at radius 2 is 2.33 bits per heavy atom. The Hall–Kier alpha value is -0.870. The molecule has 0 unspecified atom stereocenters. The van der Waals surface area contributed by atoms with E-state index >= 15 is 0 Å². The summed E-state index contributed by atoms with van der Waals surface area (Å²) in [5.74, 6) is 0.411. The fourth-order valence-corrected chi connectivity index (χ4v) is 1.90. The van der Waals surface area contributed by atoms with E-state index in [0.717, 1.165) is 11.0 Å². The molecule has 0 saturated heterocycles. The molecule has 0 saturated carbocycles.